The van der Waals surface area contributed by atoms with E-state index in [1.807, 2.05) is 63.2 Å². The van der Waals surface area contributed by atoms with Crippen molar-refractivity contribution >= 4 is 41.0 Å². The highest BCUT2D eigenvalue weighted by Crippen LogP contribution is 2.30. The average Bonchev–Trinajstić information content (AvgIpc) is 3.90. The fraction of sp³-hybridized carbons (Fsp3) is 0.375. The fourth-order valence-electron chi connectivity index (χ4n) is 5.64. The molecule has 0 spiro atoms. The summed E-state index contributed by atoms with van der Waals surface area (Å²) in [4.78, 5) is 62.2. The van der Waals surface area contributed by atoms with Gasteiger partial charge in [-0.3, -0.25) is 19.7 Å². The molecule has 3 amide bonds. The molecule has 0 aliphatic rings. The molecule has 0 saturated carbocycles. The Kier molecular flexibility index (Phi) is 14.3. The molecule has 2 atom stereocenters. The normalized spacial score (nSPS) is 12.4. The standard InChI is InChI=1S/C40H47N9O6S/c1-5-6-7-8-9-20-55-29-16-14-26(15-17-29)28-23-41-35(42-24-28)27-12-10-25(11-13-27)21-30(43-37(52)32-18-19-33(56-32)40(2,3)4)36(51)44-31(38(53)54)22-34(50)45-39-46-48-49-47-39/h10-19,23-24,30-31H,5-9,20-22H2,1-4H3,(H,43,52)(H,44,51)(H,53,54)(H2,45,46,47,48,49,50)/t30-,31-/m0/s1. The number of aromatic nitrogens is 6. The Labute approximate surface area is 329 Å². The van der Waals surface area contributed by atoms with Gasteiger partial charge in [0.1, 0.15) is 17.8 Å². The van der Waals surface area contributed by atoms with Crippen LogP contribution in [0, 0.1) is 0 Å². The topological polar surface area (TPSA) is 214 Å². The van der Waals surface area contributed by atoms with Crippen LogP contribution in [0.3, 0.4) is 0 Å². The zero-order chi connectivity index (χ0) is 40.1. The largest absolute Gasteiger partial charge is 0.494 e. The minimum Gasteiger partial charge on any atom is -0.494 e. The lowest BCUT2D eigenvalue weighted by molar-refractivity contribution is -0.143. The van der Waals surface area contributed by atoms with Gasteiger partial charge in [0.25, 0.3) is 11.9 Å². The number of carbonyl (C=O) groups is 4. The Balaban J connectivity index is 1.25. The summed E-state index contributed by atoms with van der Waals surface area (Å²) >= 11 is 1.31. The summed E-state index contributed by atoms with van der Waals surface area (Å²) in [5.41, 5.74) is 3.05. The Morgan fingerprint density at radius 1 is 0.839 bits per heavy atom. The fourth-order valence-corrected chi connectivity index (χ4v) is 6.61. The van der Waals surface area contributed by atoms with E-state index in [9.17, 15) is 24.3 Å². The summed E-state index contributed by atoms with van der Waals surface area (Å²) in [5.74, 6) is -2.29. The van der Waals surface area contributed by atoms with Crippen molar-refractivity contribution in [3.05, 3.63) is 88.4 Å². The first-order valence-corrected chi connectivity index (χ1v) is 19.3. The first-order valence-electron chi connectivity index (χ1n) is 18.5. The molecule has 3 heterocycles. The van der Waals surface area contributed by atoms with Gasteiger partial charge < -0.3 is 20.5 Å². The van der Waals surface area contributed by atoms with E-state index in [0.29, 0.717) is 22.9 Å². The van der Waals surface area contributed by atoms with Crippen molar-refractivity contribution in [2.45, 2.75) is 90.1 Å². The van der Waals surface area contributed by atoms with Crippen LogP contribution in [0.15, 0.2) is 73.1 Å². The first kappa shape index (κ1) is 41.1. The zero-order valence-electron chi connectivity index (χ0n) is 31.9. The van der Waals surface area contributed by atoms with Crippen molar-refractivity contribution in [2.24, 2.45) is 0 Å². The number of hydrogen-bond donors (Lipinski definition) is 5. The van der Waals surface area contributed by atoms with Crippen molar-refractivity contribution in [1.82, 2.24) is 41.2 Å². The predicted octanol–water partition coefficient (Wildman–Crippen LogP) is 5.97. The van der Waals surface area contributed by atoms with Gasteiger partial charge in [-0.1, -0.05) is 94.9 Å². The number of rotatable bonds is 19. The van der Waals surface area contributed by atoms with Gasteiger partial charge in [0.2, 0.25) is 11.8 Å². The molecule has 0 bridgehead atoms. The maximum Gasteiger partial charge on any atom is 0.326 e. The minimum atomic E-state index is -1.61. The number of aromatic amines is 1. The highest BCUT2D eigenvalue weighted by Gasteiger charge is 2.30. The van der Waals surface area contributed by atoms with E-state index >= 15 is 0 Å². The van der Waals surface area contributed by atoms with Crippen LogP contribution in [0.2, 0.25) is 0 Å². The van der Waals surface area contributed by atoms with E-state index in [-0.39, 0.29) is 17.8 Å². The summed E-state index contributed by atoms with van der Waals surface area (Å²) < 4.78 is 5.89. The van der Waals surface area contributed by atoms with Gasteiger partial charge in [-0.2, -0.15) is 5.21 Å². The molecule has 5 N–H and O–H groups in total. The number of tetrazole rings is 1. The van der Waals surface area contributed by atoms with Gasteiger partial charge in [-0.25, -0.2) is 14.8 Å². The molecule has 15 nitrogen and oxygen atoms in total. The second-order valence-electron chi connectivity index (χ2n) is 14.3. The lowest BCUT2D eigenvalue weighted by Crippen LogP contribution is -2.53. The molecule has 0 aliphatic heterocycles. The van der Waals surface area contributed by atoms with Crippen LogP contribution < -0.4 is 20.7 Å². The van der Waals surface area contributed by atoms with E-state index < -0.39 is 42.2 Å². The van der Waals surface area contributed by atoms with Gasteiger partial charge in [-0.15, -0.1) is 16.4 Å². The second kappa shape index (κ2) is 19.5. The van der Waals surface area contributed by atoms with Crippen molar-refractivity contribution in [2.75, 3.05) is 11.9 Å². The van der Waals surface area contributed by atoms with Crippen LogP contribution in [0.5, 0.6) is 5.75 Å². The number of aliphatic carboxylic acids is 1. The molecule has 5 aromatic rings. The number of amides is 3. The van der Waals surface area contributed by atoms with Crippen LogP contribution >= 0.6 is 11.3 Å². The maximum atomic E-state index is 13.7. The van der Waals surface area contributed by atoms with Gasteiger partial charge in [0, 0.05) is 34.8 Å². The summed E-state index contributed by atoms with van der Waals surface area (Å²) in [5, 5.41) is 30.1. The summed E-state index contributed by atoms with van der Waals surface area (Å²) in [6.45, 7) is 9.00. The van der Waals surface area contributed by atoms with Crippen LogP contribution in [0.4, 0.5) is 5.95 Å². The molecule has 16 heteroatoms. The molecule has 3 aromatic heterocycles. The summed E-state index contributed by atoms with van der Waals surface area (Å²) in [7, 11) is 0. The molecular formula is C40H47N9O6S. The number of hydrogen-bond acceptors (Lipinski definition) is 11. The van der Waals surface area contributed by atoms with Crippen molar-refractivity contribution in [1.29, 1.82) is 0 Å². The molecule has 294 valence electrons. The minimum absolute atomic E-state index is 0.0229. The lowest BCUT2D eigenvalue weighted by Gasteiger charge is -2.21. The molecule has 0 radical (unpaired) electrons. The molecule has 56 heavy (non-hydrogen) atoms. The van der Waals surface area contributed by atoms with E-state index in [1.54, 1.807) is 30.6 Å². The first-order chi connectivity index (χ1) is 26.9. The third-order valence-corrected chi connectivity index (χ3v) is 10.3. The zero-order valence-corrected chi connectivity index (χ0v) is 32.7. The quantitative estimate of drug-likeness (QED) is 0.0616. The van der Waals surface area contributed by atoms with E-state index in [0.717, 1.165) is 33.7 Å². The number of carboxylic acids is 1. The van der Waals surface area contributed by atoms with Gasteiger partial charge in [-0.05, 0) is 52.4 Å². The Hall–Kier alpha value is -6.03. The monoisotopic (exact) mass is 781 g/mol. The molecule has 5 rings (SSSR count). The number of thiophene rings is 1. The SMILES string of the molecule is CCCCCCCOc1ccc(-c2cnc(-c3ccc(C[C@H](NC(=O)c4ccc(C(C)(C)C)s4)C(=O)N[C@@H](CC(=O)Nc4nn[nH]n4)C(=O)O)cc3)nc2)cc1. The summed E-state index contributed by atoms with van der Waals surface area (Å²) in [6, 6.07) is 15.8. The number of ether oxygens (including phenoxy) is 1. The van der Waals surface area contributed by atoms with Gasteiger partial charge in [0.15, 0.2) is 5.82 Å². The highest BCUT2D eigenvalue weighted by atomic mass is 32.1. The third-order valence-electron chi connectivity index (χ3n) is 8.80. The molecule has 0 aliphatic carbocycles. The predicted molar refractivity (Wildman–Crippen MR) is 212 cm³/mol. The van der Waals surface area contributed by atoms with Crippen LogP contribution in [0.25, 0.3) is 22.5 Å². The number of H-pyrrole nitrogens is 1. The lowest BCUT2D eigenvalue weighted by atomic mass is 9.95. The Bertz CT molecular complexity index is 2050. The number of carboxylic acid groups (broad SMARTS) is 1. The van der Waals surface area contributed by atoms with E-state index in [2.05, 4.69) is 53.5 Å². The van der Waals surface area contributed by atoms with E-state index in [1.165, 1.54) is 37.0 Å². The number of unbranched alkanes of at least 4 members (excludes halogenated alkanes) is 4. The van der Waals surface area contributed by atoms with Crippen LogP contribution in [0.1, 0.15) is 86.3 Å². The molecule has 0 unspecified atom stereocenters. The van der Waals surface area contributed by atoms with Gasteiger partial charge in [0.05, 0.1) is 17.9 Å². The van der Waals surface area contributed by atoms with Crippen LogP contribution in [-0.4, -0.2) is 78.1 Å². The highest BCUT2D eigenvalue weighted by molar-refractivity contribution is 7.14. The van der Waals surface area contributed by atoms with Crippen molar-refractivity contribution in [3.8, 4) is 28.3 Å². The molecule has 0 saturated heterocycles. The molecule has 2 aromatic carbocycles. The Morgan fingerprint density at radius 2 is 1.54 bits per heavy atom. The van der Waals surface area contributed by atoms with Crippen molar-refractivity contribution < 1.29 is 29.0 Å². The van der Waals surface area contributed by atoms with E-state index in [4.69, 9.17) is 4.74 Å². The second-order valence-corrected chi connectivity index (χ2v) is 15.4. The smallest absolute Gasteiger partial charge is 0.326 e. The average molecular weight is 782 g/mol. The molecule has 0 fully saturated rings. The maximum absolute atomic E-state index is 13.7. The number of nitrogens with one attached hydrogen (secondary N) is 4. The third kappa shape index (κ3) is 12.0. The van der Waals surface area contributed by atoms with Crippen molar-refractivity contribution in [3.63, 3.8) is 0 Å². The number of carbonyl (C=O) groups excluding carboxylic acids is 3. The summed E-state index contributed by atoms with van der Waals surface area (Å²) in [6.07, 6.45) is 8.84. The number of benzene rings is 2. The van der Waals surface area contributed by atoms with Gasteiger partial charge >= 0.3 is 5.97 Å². The number of nitrogens with zero attached hydrogens (tertiary/aromatic N) is 5. The Morgan fingerprint density at radius 3 is 2.16 bits per heavy atom. The molecular weight excluding hydrogens is 735 g/mol. The van der Waals surface area contributed by atoms with Crippen LogP contribution in [-0.2, 0) is 26.2 Å². The number of anilines is 1.